The van der Waals surface area contributed by atoms with Crippen molar-refractivity contribution in [1.29, 1.82) is 0 Å². The van der Waals surface area contributed by atoms with Gasteiger partial charge in [0.25, 0.3) is 0 Å². The Labute approximate surface area is 173 Å². The van der Waals surface area contributed by atoms with Crippen LogP contribution in [0.25, 0.3) is 16.9 Å². The highest BCUT2D eigenvalue weighted by Crippen LogP contribution is 2.40. The zero-order valence-corrected chi connectivity index (χ0v) is 17.1. The maximum Gasteiger partial charge on any atom is 0.238 e. The highest BCUT2D eigenvalue weighted by Gasteiger charge is 2.18. The Morgan fingerprint density at radius 3 is 2.23 bits per heavy atom. The number of methoxy groups -OCH3 is 4. The lowest BCUT2D eigenvalue weighted by Crippen LogP contribution is -2.22. The molecule has 0 spiro atoms. The fraction of sp³-hybridized carbons (Fsp3) is 0.250. The molecule has 30 heavy (non-hydrogen) atoms. The van der Waals surface area contributed by atoms with Crippen molar-refractivity contribution in [3.8, 4) is 39.9 Å². The van der Waals surface area contributed by atoms with Crippen molar-refractivity contribution in [3.63, 3.8) is 0 Å². The number of ether oxygens (including phenoxy) is 4. The molecule has 0 aliphatic heterocycles. The van der Waals surface area contributed by atoms with Crippen LogP contribution in [-0.2, 0) is 4.79 Å². The zero-order valence-electron chi connectivity index (χ0n) is 17.1. The third kappa shape index (κ3) is 3.98. The number of aromatic nitrogens is 3. The second-order valence-corrected chi connectivity index (χ2v) is 6.08. The second kappa shape index (κ2) is 9.14. The first kappa shape index (κ1) is 20.9. The Morgan fingerprint density at radius 2 is 1.67 bits per heavy atom. The maximum absolute atomic E-state index is 11.8. The first-order valence-corrected chi connectivity index (χ1v) is 8.95. The molecule has 1 amide bonds. The summed E-state index contributed by atoms with van der Waals surface area (Å²) < 4.78 is 23.2. The monoisotopic (exact) mass is 413 g/mol. The number of nitrogens with zero attached hydrogens (tertiary/aromatic N) is 3. The molecular weight excluding hydrogens is 390 g/mol. The van der Waals surface area contributed by atoms with E-state index in [0.717, 1.165) is 5.56 Å². The van der Waals surface area contributed by atoms with Crippen LogP contribution < -0.4 is 30.0 Å². The van der Waals surface area contributed by atoms with Gasteiger partial charge in [0.2, 0.25) is 11.7 Å². The highest BCUT2D eigenvalue weighted by molar-refractivity contribution is 5.94. The number of benzene rings is 2. The second-order valence-electron chi connectivity index (χ2n) is 6.08. The van der Waals surface area contributed by atoms with E-state index in [1.807, 2.05) is 6.07 Å². The summed E-state index contributed by atoms with van der Waals surface area (Å²) in [6.07, 6.45) is 1.61. The number of hydrogen-bond donors (Lipinski definition) is 2. The Hall–Kier alpha value is -3.79. The van der Waals surface area contributed by atoms with Gasteiger partial charge in [-0.2, -0.15) is 0 Å². The van der Waals surface area contributed by atoms with E-state index in [0.29, 0.717) is 40.1 Å². The van der Waals surface area contributed by atoms with Gasteiger partial charge in [0.05, 0.1) is 58.2 Å². The number of rotatable bonds is 8. The summed E-state index contributed by atoms with van der Waals surface area (Å²) in [5.41, 5.74) is 7.98. The van der Waals surface area contributed by atoms with E-state index in [4.69, 9.17) is 24.7 Å². The molecule has 0 bridgehead atoms. The van der Waals surface area contributed by atoms with Crippen LogP contribution in [0.2, 0.25) is 0 Å². The molecule has 0 unspecified atom stereocenters. The number of hydrogen-bond acceptors (Lipinski definition) is 8. The highest BCUT2D eigenvalue weighted by atomic mass is 16.5. The van der Waals surface area contributed by atoms with Crippen molar-refractivity contribution in [1.82, 2.24) is 15.0 Å². The standard InChI is InChI=1S/C20H23N5O5/c1-27-16-6-5-12(7-14(16)23-19(26)10-21)15-11-22-24-25(15)13-8-17(28-2)20(30-4)18(9-13)29-3/h5-9,11H,10,21H2,1-4H3,(H,23,26). The molecule has 0 saturated heterocycles. The minimum Gasteiger partial charge on any atom is -0.495 e. The summed E-state index contributed by atoms with van der Waals surface area (Å²) in [7, 11) is 6.14. The summed E-state index contributed by atoms with van der Waals surface area (Å²) >= 11 is 0. The lowest BCUT2D eigenvalue weighted by molar-refractivity contribution is -0.114. The predicted molar refractivity (Wildman–Crippen MR) is 111 cm³/mol. The van der Waals surface area contributed by atoms with E-state index in [1.165, 1.54) is 14.2 Å². The van der Waals surface area contributed by atoms with Crippen LogP contribution in [0.5, 0.6) is 23.0 Å². The molecule has 0 fully saturated rings. The van der Waals surface area contributed by atoms with Gasteiger partial charge in [-0.1, -0.05) is 5.21 Å². The molecule has 10 nitrogen and oxygen atoms in total. The van der Waals surface area contributed by atoms with Crippen LogP contribution in [0, 0.1) is 0 Å². The van der Waals surface area contributed by atoms with Crippen LogP contribution in [0.4, 0.5) is 5.69 Å². The molecule has 0 atom stereocenters. The fourth-order valence-electron chi connectivity index (χ4n) is 2.98. The van der Waals surface area contributed by atoms with Gasteiger partial charge < -0.3 is 30.0 Å². The minimum absolute atomic E-state index is 0.141. The maximum atomic E-state index is 11.8. The molecule has 0 aliphatic carbocycles. The lowest BCUT2D eigenvalue weighted by Gasteiger charge is -2.15. The molecule has 0 aliphatic rings. The van der Waals surface area contributed by atoms with E-state index in [2.05, 4.69) is 15.6 Å². The Kier molecular flexibility index (Phi) is 6.38. The Balaban J connectivity index is 2.10. The van der Waals surface area contributed by atoms with Crippen LogP contribution in [0.15, 0.2) is 36.5 Å². The van der Waals surface area contributed by atoms with Crippen LogP contribution in [-0.4, -0.2) is 55.9 Å². The summed E-state index contributed by atoms with van der Waals surface area (Å²) in [5.74, 6) is 1.62. The first-order chi connectivity index (χ1) is 14.6. The molecule has 3 aromatic rings. The normalized spacial score (nSPS) is 10.4. The van der Waals surface area contributed by atoms with Gasteiger partial charge in [0.1, 0.15) is 5.75 Å². The number of carbonyl (C=O) groups is 1. The predicted octanol–water partition coefficient (Wildman–Crippen LogP) is 1.87. The third-order valence-electron chi connectivity index (χ3n) is 4.40. The Bertz CT molecular complexity index is 1020. The minimum atomic E-state index is -0.332. The number of nitrogens with two attached hydrogens (primary N) is 1. The molecule has 3 rings (SSSR count). The van der Waals surface area contributed by atoms with E-state index < -0.39 is 0 Å². The lowest BCUT2D eigenvalue weighted by atomic mass is 10.1. The molecular formula is C20H23N5O5. The van der Waals surface area contributed by atoms with Crippen molar-refractivity contribution in [2.45, 2.75) is 0 Å². The summed E-state index contributed by atoms with van der Waals surface area (Å²) in [6, 6.07) is 8.87. The molecule has 0 radical (unpaired) electrons. The topological polar surface area (TPSA) is 123 Å². The van der Waals surface area contributed by atoms with E-state index >= 15 is 0 Å². The molecule has 0 saturated carbocycles. The average Bonchev–Trinajstić information content (AvgIpc) is 3.27. The van der Waals surface area contributed by atoms with Crippen molar-refractivity contribution < 1.29 is 23.7 Å². The molecule has 2 aromatic carbocycles. The van der Waals surface area contributed by atoms with Gasteiger partial charge in [-0.3, -0.25) is 4.79 Å². The summed E-state index contributed by atoms with van der Waals surface area (Å²) in [6.45, 7) is -0.141. The number of nitrogens with one attached hydrogen (secondary N) is 1. The van der Waals surface area contributed by atoms with Crippen molar-refractivity contribution >= 4 is 11.6 Å². The van der Waals surface area contributed by atoms with Gasteiger partial charge in [-0.05, 0) is 18.2 Å². The number of carbonyl (C=O) groups excluding carboxylic acids is 1. The average molecular weight is 413 g/mol. The molecule has 1 heterocycles. The zero-order chi connectivity index (χ0) is 21.7. The van der Waals surface area contributed by atoms with Crippen molar-refractivity contribution in [3.05, 3.63) is 36.5 Å². The van der Waals surface area contributed by atoms with Gasteiger partial charge in [-0.25, -0.2) is 4.68 Å². The molecule has 3 N–H and O–H groups in total. The fourth-order valence-corrected chi connectivity index (χ4v) is 2.98. The van der Waals surface area contributed by atoms with Gasteiger partial charge in [0.15, 0.2) is 11.5 Å². The smallest absolute Gasteiger partial charge is 0.238 e. The van der Waals surface area contributed by atoms with E-state index in [9.17, 15) is 4.79 Å². The van der Waals surface area contributed by atoms with Crippen molar-refractivity contribution in [2.24, 2.45) is 5.73 Å². The van der Waals surface area contributed by atoms with Gasteiger partial charge in [0, 0.05) is 17.7 Å². The molecule has 10 heteroatoms. The molecule has 1 aromatic heterocycles. The van der Waals surface area contributed by atoms with E-state index in [-0.39, 0.29) is 12.5 Å². The first-order valence-electron chi connectivity index (χ1n) is 8.95. The largest absolute Gasteiger partial charge is 0.495 e. The van der Waals surface area contributed by atoms with E-state index in [1.54, 1.807) is 49.4 Å². The summed E-state index contributed by atoms with van der Waals surface area (Å²) in [5, 5.41) is 11.0. The van der Waals surface area contributed by atoms with Crippen LogP contribution in [0.1, 0.15) is 0 Å². The SMILES string of the molecule is COc1ccc(-c2cnnn2-c2cc(OC)c(OC)c(OC)c2)cc1NC(=O)CN. The van der Waals surface area contributed by atoms with Crippen LogP contribution >= 0.6 is 0 Å². The van der Waals surface area contributed by atoms with Crippen molar-refractivity contribution in [2.75, 3.05) is 40.3 Å². The quantitative estimate of drug-likeness (QED) is 0.574. The third-order valence-corrected chi connectivity index (χ3v) is 4.40. The Morgan fingerprint density at radius 1 is 1.00 bits per heavy atom. The number of anilines is 1. The van der Waals surface area contributed by atoms with Gasteiger partial charge >= 0.3 is 0 Å². The van der Waals surface area contributed by atoms with Gasteiger partial charge in [-0.15, -0.1) is 5.10 Å². The summed E-state index contributed by atoms with van der Waals surface area (Å²) in [4.78, 5) is 11.8. The molecule has 158 valence electrons. The number of amides is 1. The van der Waals surface area contributed by atoms with Crippen LogP contribution in [0.3, 0.4) is 0 Å².